The van der Waals surface area contributed by atoms with Crippen molar-refractivity contribution in [3.8, 4) is 17.2 Å². The molecule has 0 bridgehead atoms. The van der Waals surface area contributed by atoms with Gasteiger partial charge in [0, 0.05) is 32.2 Å². The van der Waals surface area contributed by atoms with Crippen molar-refractivity contribution in [3.05, 3.63) is 48.5 Å². The molecule has 142 valence electrons. The molecule has 0 aliphatic carbocycles. The summed E-state index contributed by atoms with van der Waals surface area (Å²) in [4.78, 5) is 14.7. The molecule has 2 aliphatic rings. The number of benzene rings is 2. The Morgan fingerprint density at radius 2 is 1.74 bits per heavy atom. The van der Waals surface area contributed by atoms with Crippen molar-refractivity contribution in [2.24, 2.45) is 0 Å². The number of para-hydroxylation sites is 1. The molecule has 7 nitrogen and oxygen atoms in total. The van der Waals surface area contributed by atoms with Crippen LogP contribution in [-0.2, 0) is 15.8 Å². The largest absolute Gasteiger partial charge is 0.484 e. The van der Waals surface area contributed by atoms with Crippen molar-refractivity contribution in [2.45, 2.75) is 4.90 Å². The highest BCUT2D eigenvalue weighted by atomic mass is 32.2. The van der Waals surface area contributed by atoms with Gasteiger partial charge in [-0.25, -0.2) is 8.51 Å². The van der Waals surface area contributed by atoms with Gasteiger partial charge in [-0.3, -0.25) is 4.79 Å². The first-order chi connectivity index (χ1) is 13.2. The molecular formula is C19H20N2O5S. The van der Waals surface area contributed by atoms with Crippen LogP contribution in [0.2, 0.25) is 0 Å². The smallest absolute Gasteiger partial charge is 0.260 e. The minimum atomic E-state index is -1.30. The predicted molar refractivity (Wildman–Crippen MR) is 99.1 cm³/mol. The zero-order valence-electron chi connectivity index (χ0n) is 14.7. The average Bonchev–Trinajstić information content (AvgIpc) is 3.20. The molecule has 2 aromatic carbocycles. The number of amides is 1. The molecule has 2 aromatic rings. The van der Waals surface area contributed by atoms with E-state index >= 15 is 0 Å². The molecule has 2 aliphatic heterocycles. The molecule has 0 aromatic heterocycles. The molecule has 0 radical (unpaired) electrons. The van der Waals surface area contributed by atoms with Crippen molar-refractivity contribution in [1.82, 2.24) is 9.21 Å². The first-order valence-corrected chi connectivity index (χ1v) is 9.83. The Labute approximate surface area is 160 Å². The minimum absolute atomic E-state index is 0.00919. The summed E-state index contributed by atoms with van der Waals surface area (Å²) in [6.07, 6.45) is 0. The quantitative estimate of drug-likeness (QED) is 0.779. The van der Waals surface area contributed by atoms with Crippen molar-refractivity contribution in [1.29, 1.82) is 0 Å². The summed E-state index contributed by atoms with van der Waals surface area (Å²) in [7, 11) is -1.30. The lowest BCUT2D eigenvalue weighted by Gasteiger charge is -2.33. The number of ether oxygens (including phenoxy) is 3. The number of piperazine rings is 1. The van der Waals surface area contributed by atoms with Crippen LogP contribution in [0.1, 0.15) is 0 Å². The Hall–Kier alpha value is -2.58. The fourth-order valence-electron chi connectivity index (χ4n) is 2.99. The molecule has 1 unspecified atom stereocenters. The van der Waals surface area contributed by atoms with Gasteiger partial charge in [0.2, 0.25) is 6.79 Å². The van der Waals surface area contributed by atoms with E-state index < -0.39 is 11.0 Å². The van der Waals surface area contributed by atoms with Gasteiger partial charge < -0.3 is 19.1 Å². The molecule has 8 heteroatoms. The van der Waals surface area contributed by atoms with Crippen LogP contribution >= 0.6 is 0 Å². The van der Waals surface area contributed by atoms with Crippen molar-refractivity contribution < 1.29 is 23.2 Å². The number of hydrogen-bond acceptors (Lipinski definition) is 5. The standard InChI is InChI=1S/C19H20N2O5S/c22-19(13-24-15-4-2-1-3-5-15)20-8-10-21(11-9-20)27(23)16-6-7-17-18(12-16)26-14-25-17/h1-7,12H,8-11,13-14H2. The number of fused-ring (bicyclic) bond motifs is 1. The third-order valence-electron chi connectivity index (χ3n) is 4.48. The molecule has 1 saturated heterocycles. The summed E-state index contributed by atoms with van der Waals surface area (Å²) in [5.74, 6) is 1.90. The minimum Gasteiger partial charge on any atom is -0.484 e. The van der Waals surface area contributed by atoms with E-state index in [1.54, 1.807) is 23.1 Å². The molecule has 0 spiro atoms. The van der Waals surface area contributed by atoms with E-state index in [9.17, 15) is 9.00 Å². The maximum atomic E-state index is 12.8. The molecule has 27 heavy (non-hydrogen) atoms. The van der Waals surface area contributed by atoms with Crippen molar-refractivity contribution >= 4 is 16.9 Å². The zero-order valence-corrected chi connectivity index (χ0v) is 15.5. The van der Waals surface area contributed by atoms with E-state index in [1.165, 1.54) is 0 Å². The molecule has 1 fully saturated rings. The van der Waals surface area contributed by atoms with E-state index in [4.69, 9.17) is 14.2 Å². The summed E-state index contributed by atoms with van der Waals surface area (Å²) in [5, 5.41) is 0. The summed E-state index contributed by atoms with van der Waals surface area (Å²) in [6, 6.07) is 14.6. The first kappa shape index (κ1) is 17.8. The maximum absolute atomic E-state index is 12.8. The zero-order chi connectivity index (χ0) is 18.6. The lowest BCUT2D eigenvalue weighted by atomic mass is 10.3. The van der Waals surface area contributed by atoms with Crippen LogP contribution in [0.3, 0.4) is 0 Å². The second-order valence-electron chi connectivity index (χ2n) is 6.18. The number of nitrogens with zero attached hydrogens (tertiary/aromatic N) is 2. The SMILES string of the molecule is O=C(COc1ccccc1)N1CCN(S(=O)c2ccc3c(c2)OCO3)CC1. The molecule has 2 heterocycles. The van der Waals surface area contributed by atoms with Gasteiger partial charge in [-0.15, -0.1) is 0 Å². The van der Waals surface area contributed by atoms with E-state index in [0.29, 0.717) is 48.3 Å². The highest BCUT2D eigenvalue weighted by Gasteiger charge is 2.26. The van der Waals surface area contributed by atoms with E-state index in [1.807, 2.05) is 34.6 Å². The van der Waals surface area contributed by atoms with Gasteiger partial charge in [-0.05, 0) is 24.3 Å². The normalized spacial score (nSPS) is 17.6. The average molecular weight is 388 g/mol. The monoisotopic (exact) mass is 388 g/mol. The Bertz CT molecular complexity index is 837. The van der Waals surface area contributed by atoms with Crippen molar-refractivity contribution in [2.75, 3.05) is 39.6 Å². The highest BCUT2D eigenvalue weighted by Crippen LogP contribution is 2.33. The Kier molecular flexibility index (Phi) is 5.26. The van der Waals surface area contributed by atoms with Crippen LogP contribution in [0.5, 0.6) is 17.2 Å². The topological polar surface area (TPSA) is 68.3 Å². The van der Waals surface area contributed by atoms with E-state index in [2.05, 4.69) is 0 Å². The van der Waals surface area contributed by atoms with Crippen LogP contribution < -0.4 is 14.2 Å². The van der Waals surface area contributed by atoms with Gasteiger partial charge in [0.15, 0.2) is 18.1 Å². The third-order valence-corrected chi connectivity index (χ3v) is 5.97. The second kappa shape index (κ2) is 7.98. The van der Waals surface area contributed by atoms with Gasteiger partial charge in [0.05, 0.1) is 4.90 Å². The van der Waals surface area contributed by atoms with Crippen molar-refractivity contribution in [3.63, 3.8) is 0 Å². The summed E-state index contributed by atoms with van der Waals surface area (Å²) < 4.78 is 30.8. The molecular weight excluding hydrogens is 368 g/mol. The van der Waals surface area contributed by atoms with Crippen LogP contribution in [0.4, 0.5) is 0 Å². The number of carbonyl (C=O) groups excluding carboxylic acids is 1. The first-order valence-electron chi connectivity index (χ1n) is 8.73. The number of rotatable bonds is 5. The Morgan fingerprint density at radius 1 is 1.00 bits per heavy atom. The molecule has 1 atom stereocenters. The van der Waals surface area contributed by atoms with Crippen LogP contribution in [0, 0.1) is 0 Å². The Morgan fingerprint density at radius 3 is 2.52 bits per heavy atom. The van der Waals surface area contributed by atoms with Crippen LogP contribution in [0.15, 0.2) is 53.4 Å². The van der Waals surface area contributed by atoms with Crippen LogP contribution in [0.25, 0.3) is 0 Å². The number of hydrogen-bond donors (Lipinski definition) is 0. The lowest BCUT2D eigenvalue weighted by molar-refractivity contribution is -0.134. The fraction of sp³-hybridized carbons (Fsp3) is 0.316. The highest BCUT2D eigenvalue weighted by molar-refractivity contribution is 7.82. The number of carbonyl (C=O) groups is 1. The van der Waals surface area contributed by atoms with Gasteiger partial charge >= 0.3 is 0 Å². The third kappa shape index (κ3) is 4.06. The summed E-state index contributed by atoms with van der Waals surface area (Å²) in [5.41, 5.74) is 0. The summed E-state index contributed by atoms with van der Waals surface area (Å²) in [6.45, 7) is 2.32. The second-order valence-corrected chi connectivity index (χ2v) is 7.66. The molecule has 4 rings (SSSR count). The maximum Gasteiger partial charge on any atom is 0.260 e. The van der Waals surface area contributed by atoms with Gasteiger partial charge in [-0.1, -0.05) is 18.2 Å². The summed E-state index contributed by atoms with van der Waals surface area (Å²) >= 11 is 0. The van der Waals surface area contributed by atoms with Gasteiger partial charge in [0.1, 0.15) is 16.7 Å². The van der Waals surface area contributed by atoms with E-state index in [-0.39, 0.29) is 19.3 Å². The lowest BCUT2D eigenvalue weighted by Crippen LogP contribution is -2.50. The Balaban J connectivity index is 1.29. The molecule has 0 saturated carbocycles. The fourth-order valence-corrected chi connectivity index (χ4v) is 4.18. The van der Waals surface area contributed by atoms with Gasteiger partial charge in [0.25, 0.3) is 5.91 Å². The van der Waals surface area contributed by atoms with E-state index in [0.717, 1.165) is 0 Å². The molecule has 1 amide bonds. The molecule has 0 N–H and O–H groups in total. The predicted octanol–water partition coefficient (Wildman–Crippen LogP) is 1.66. The van der Waals surface area contributed by atoms with Crippen LogP contribution in [-0.4, -0.2) is 58.9 Å². The van der Waals surface area contributed by atoms with Gasteiger partial charge in [-0.2, -0.15) is 0 Å².